The van der Waals surface area contributed by atoms with Gasteiger partial charge in [-0.2, -0.15) is 4.31 Å². The molecule has 0 aliphatic carbocycles. The predicted octanol–water partition coefficient (Wildman–Crippen LogP) is 3.22. The summed E-state index contributed by atoms with van der Waals surface area (Å²) in [4.78, 5) is 12.1. The maximum Gasteiger partial charge on any atom is 0.319 e. The minimum Gasteiger partial charge on any atom is -0.338 e. The molecule has 2 rings (SSSR count). The van der Waals surface area contributed by atoms with E-state index in [9.17, 15) is 17.6 Å². The van der Waals surface area contributed by atoms with Crippen molar-refractivity contribution in [3.05, 3.63) is 59.9 Å². The molecule has 0 aromatic heterocycles. The van der Waals surface area contributed by atoms with Gasteiger partial charge >= 0.3 is 6.03 Å². The molecular weight excluding hydrogens is 369 g/mol. The summed E-state index contributed by atoms with van der Waals surface area (Å²) in [6.07, 6.45) is 0.576. The molecule has 2 N–H and O–H groups in total. The van der Waals surface area contributed by atoms with Crippen molar-refractivity contribution in [2.45, 2.75) is 31.2 Å². The van der Waals surface area contributed by atoms with Crippen molar-refractivity contribution in [2.24, 2.45) is 0 Å². The second-order valence-electron chi connectivity index (χ2n) is 6.40. The number of halogens is 1. The van der Waals surface area contributed by atoms with Crippen molar-refractivity contribution < 1.29 is 17.6 Å². The normalized spacial score (nSPS) is 11.6. The molecule has 0 radical (unpaired) electrons. The highest BCUT2D eigenvalue weighted by molar-refractivity contribution is 7.89. The molecule has 0 atom stereocenters. The summed E-state index contributed by atoms with van der Waals surface area (Å²) in [6.45, 7) is 3.98. The summed E-state index contributed by atoms with van der Waals surface area (Å²) in [6, 6.07) is 11.5. The first-order valence-corrected chi connectivity index (χ1v) is 10.0. The Morgan fingerprint density at radius 1 is 1.07 bits per heavy atom. The number of carbonyl (C=O) groups excluding carboxylic acids is 1. The second kappa shape index (κ2) is 8.96. The number of nitrogens with one attached hydrogen (secondary N) is 2. The SMILES string of the molecule is CC(C)N(C)S(=O)(=O)c1ccc(NC(=O)NCCc2ccc(F)cc2)cc1. The lowest BCUT2D eigenvalue weighted by atomic mass is 10.1. The van der Waals surface area contributed by atoms with Crippen molar-refractivity contribution in [3.8, 4) is 0 Å². The summed E-state index contributed by atoms with van der Waals surface area (Å²) >= 11 is 0. The molecule has 27 heavy (non-hydrogen) atoms. The van der Waals surface area contributed by atoms with Gasteiger partial charge in [0, 0.05) is 25.3 Å². The van der Waals surface area contributed by atoms with Crippen molar-refractivity contribution in [2.75, 3.05) is 18.9 Å². The highest BCUT2D eigenvalue weighted by Crippen LogP contribution is 2.19. The first-order valence-electron chi connectivity index (χ1n) is 8.57. The highest BCUT2D eigenvalue weighted by atomic mass is 32.2. The fourth-order valence-corrected chi connectivity index (χ4v) is 3.67. The van der Waals surface area contributed by atoms with E-state index in [-0.39, 0.29) is 16.8 Å². The average molecular weight is 393 g/mol. The number of amides is 2. The van der Waals surface area contributed by atoms with E-state index in [0.29, 0.717) is 18.7 Å². The summed E-state index contributed by atoms with van der Waals surface area (Å²) in [5, 5.41) is 5.35. The van der Waals surface area contributed by atoms with Crippen LogP contribution in [-0.4, -0.2) is 38.4 Å². The van der Waals surface area contributed by atoms with Gasteiger partial charge in [0.1, 0.15) is 5.82 Å². The van der Waals surface area contributed by atoms with Crippen LogP contribution in [0.5, 0.6) is 0 Å². The van der Waals surface area contributed by atoms with E-state index < -0.39 is 16.1 Å². The first-order chi connectivity index (χ1) is 12.7. The summed E-state index contributed by atoms with van der Waals surface area (Å²) in [5.41, 5.74) is 1.40. The zero-order valence-corrected chi connectivity index (χ0v) is 16.4. The average Bonchev–Trinajstić information content (AvgIpc) is 2.63. The quantitative estimate of drug-likeness (QED) is 0.758. The van der Waals surface area contributed by atoms with E-state index in [1.54, 1.807) is 38.1 Å². The van der Waals surface area contributed by atoms with Gasteiger partial charge in [-0.25, -0.2) is 17.6 Å². The van der Waals surface area contributed by atoms with Gasteiger partial charge in [-0.05, 0) is 62.2 Å². The van der Waals surface area contributed by atoms with Crippen molar-refractivity contribution in [1.29, 1.82) is 0 Å². The second-order valence-corrected chi connectivity index (χ2v) is 8.39. The topological polar surface area (TPSA) is 78.5 Å². The Morgan fingerprint density at radius 2 is 1.67 bits per heavy atom. The smallest absolute Gasteiger partial charge is 0.319 e. The van der Waals surface area contributed by atoms with E-state index in [0.717, 1.165) is 5.56 Å². The Morgan fingerprint density at radius 3 is 2.22 bits per heavy atom. The zero-order chi connectivity index (χ0) is 20.0. The van der Waals surface area contributed by atoms with Crippen LogP contribution in [0, 0.1) is 5.82 Å². The molecule has 146 valence electrons. The van der Waals surface area contributed by atoms with Crippen LogP contribution < -0.4 is 10.6 Å². The van der Waals surface area contributed by atoms with E-state index in [4.69, 9.17) is 0 Å². The summed E-state index contributed by atoms with van der Waals surface area (Å²) < 4.78 is 38.9. The minimum absolute atomic E-state index is 0.153. The molecule has 2 aromatic carbocycles. The number of rotatable bonds is 7. The Hall–Kier alpha value is -2.45. The molecule has 0 aliphatic rings. The molecular formula is C19H24FN3O3S. The molecule has 0 aliphatic heterocycles. The molecule has 0 saturated heterocycles. The number of anilines is 1. The largest absolute Gasteiger partial charge is 0.338 e. The third-order valence-corrected chi connectivity index (χ3v) is 6.18. The third kappa shape index (κ3) is 5.77. The molecule has 8 heteroatoms. The van der Waals surface area contributed by atoms with Crippen LogP contribution in [-0.2, 0) is 16.4 Å². The van der Waals surface area contributed by atoms with Crippen molar-refractivity contribution in [3.63, 3.8) is 0 Å². The van der Waals surface area contributed by atoms with Gasteiger partial charge in [0.25, 0.3) is 0 Å². The van der Waals surface area contributed by atoms with E-state index in [1.807, 2.05) is 0 Å². The molecule has 0 unspecified atom stereocenters. The standard InChI is InChI=1S/C19H24FN3O3S/c1-14(2)23(3)27(25,26)18-10-8-17(9-11-18)22-19(24)21-13-12-15-4-6-16(20)7-5-15/h4-11,14H,12-13H2,1-3H3,(H2,21,22,24). The number of benzene rings is 2. The van der Waals surface area contributed by atoms with Gasteiger partial charge in [0.2, 0.25) is 10.0 Å². The van der Waals surface area contributed by atoms with Crippen molar-refractivity contribution in [1.82, 2.24) is 9.62 Å². The lowest BCUT2D eigenvalue weighted by Crippen LogP contribution is -2.33. The fraction of sp³-hybridized carbons (Fsp3) is 0.316. The van der Waals surface area contributed by atoms with Crippen LogP contribution >= 0.6 is 0 Å². The molecule has 0 fully saturated rings. The highest BCUT2D eigenvalue weighted by Gasteiger charge is 2.22. The van der Waals surface area contributed by atoms with Gasteiger partial charge < -0.3 is 10.6 Å². The Balaban J connectivity index is 1.88. The third-order valence-electron chi connectivity index (χ3n) is 4.13. The number of hydrogen-bond donors (Lipinski definition) is 2. The lowest BCUT2D eigenvalue weighted by molar-refractivity contribution is 0.252. The van der Waals surface area contributed by atoms with Gasteiger partial charge in [0.05, 0.1) is 4.90 Å². The van der Waals surface area contributed by atoms with Gasteiger partial charge in [0.15, 0.2) is 0 Å². The Labute approximate surface area is 159 Å². The minimum atomic E-state index is -3.55. The van der Waals surface area contributed by atoms with Crippen LogP contribution in [0.25, 0.3) is 0 Å². The molecule has 6 nitrogen and oxygen atoms in total. The molecule has 0 spiro atoms. The molecule has 0 saturated carbocycles. The number of carbonyl (C=O) groups is 1. The molecule has 0 bridgehead atoms. The number of hydrogen-bond acceptors (Lipinski definition) is 3. The first kappa shape index (κ1) is 20.9. The maximum atomic E-state index is 12.8. The Bertz CT molecular complexity index is 866. The van der Waals surface area contributed by atoms with Gasteiger partial charge in [-0.1, -0.05) is 12.1 Å². The van der Waals surface area contributed by atoms with Crippen LogP contribution in [0.1, 0.15) is 19.4 Å². The predicted molar refractivity (Wildman–Crippen MR) is 104 cm³/mol. The van der Waals surface area contributed by atoms with Gasteiger partial charge in [-0.15, -0.1) is 0 Å². The number of sulfonamides is 1. The summed E-state index contributed by atoms with van der Waals surface area (Å²) in [5.74, 6) is -0.297. The zero-order valence-electron chi connectivity index (χ0n) is 15.6. The van der Waals surface area contributed by atoms with Crippen LogP contribution in [0.4, 0.5) is 14.9 Å². The van der Waals surface area contributed by atoms with E-state index >= 15 is 0 Å². The number of nitrogens with zero attached hydrogens (tertiary/aromatic N) is 1. The van der Waals surface area contributed by atoms with Crippen molar-refractivity contribution >= 4 is 21.7 Å². The molecule has 2 amide bonds. The monoisotopic (exact) mass is 393 g/mol. The van der Waals surface area contributed by atoms with Crippen LogP contribution in [0.3, 0.4) is 0 Å². The maximum absolute atomic E-state index is 12.8. The van der Waals surface area contributed by atoms with E-state index in [2.05, 4.69) is 10.6 Å². The van der Waals surface area contributed by atoms with Crippen LogP contribution in [0.2, 0.25) is 0 Å². The van der Waals surface area contributed by atoms with Crippen LogP contribution in [0.15, 0.2) is 53.4 Å². The summed E-state index contributed by atoms with van der Waals surface area (Å²) in [7, 11) is -2.02. The van der Waals surface area contributed by atoms with Gasteiger partial charge in [-0.3, -0.25) is 0 Å². The van der Waals surface area contributed by atoms with E-state index in [1.165, 1.54) is 35.6 Å². The molecule has 0 heterocycles. The lowest BCUT2D eigenvalue weighted by Gasteiger charge is -2.21. The Kier molecular flexibility index (Phi) is 6.92. The number of urea groups is 1. The fourth-order valence-electron chi connectivity index (χ4n) is 2.30. The molecule has 2 aromatic rings.